The summed E-state index contributed by atoms with van der Waals surface area (Å²) in [6.07, 6.45) is -0.0737. The molecule has 2 aromatic carbocycles. The van der Waals surface area contributed by atoms with Gasteiger partial charge in [-0.3, -0.25) is 9.59 Å². The van der Waals surface area contributed by atoms with Crippen LogP contribution in [-0.2, 0) is 20.7 Å². The second-order valence-corrected chi connectivity index (χ2v) is 6.01. The summed E-state index contributed by atoms with van der Waals surface area (Å²) < 4.78 is 18.3. The maximum Gasteiger partial charge on any atom is 0.310 e. The summed E-state index contributed by atoms with van der Waals surface area (Å²) in [6.45, 7) is -0.549. The number of esters is 1. The Bertz CT molecular complexity index is 783. The van der Waals surface area contributed by atoms with Gasteiger partial charge in [0.1, 0.15) is 5.82 Å². The van der Waals surface area contributed by atoms with Gasteiger partial charge in [0.2, 0.25) is 0 Å². The van der Waals surface area contributed by atoms with Gasteiger partial charge >= 0.3 is 5.97 Å². The Morgan fingerprint density at radius 3 is 2.50 bits per heavy atom. The lowest BCUT2D eigenvalue weighted by atomic mass is 10.1. The molecule has 1 amide bonds. The first-order chi connectivity index (χ1) is 11.3. The van der Waals surface area contributed by atoms with Gasteiger partial charge < -0.3 is 10.1 Å². The first-order valence-corrected chi connectivity index (χ1v) is 7.83. The molecule has 2 rings (SSSR count). The molecule has 0 bridgehead atoms. The molecule has 1 N–H and O–H groups in total. The lowest BCUT2D eigenvalue weighted by molar-refractivity contribution is -0.146. The van der Waals surface area contributed by atoms with Crippen LogP contribution in [0.15, 0.2) is 36.4 Å². The molecule has 0 aliphatic heterocycles. The molecule has 126 valence electrons. The highest BCUT2D eigenvalue weighted by atomic mass is 35.5. The highest BCUT2D eigenvalue weighted by molar-refractivity contribution is 6.42. The fourth-order valence-corrected chi connectivity index (χ4v) is 2.29. The number of nitrogens with one attached hydrogen (secondary N) is 1. The lowest BCUT2D eigenvalue weighted by Crippen LogP contribution is -2.22. The molecule has 0 unspecified atom stereocenters. The number of halogens is 4. The van der Waals surface area contributed by atoms with Crippen molar-refractivity contribution in [1.82, 2.24) is 0 Å². The van der Waals surface area contributed by atoms with E-state index >= 15 is 0 Å². The van der Waals surface area contributed by atoms with Crippen molar-refractivity contribution in [1.29, 1.82) is 0 Å². The van der Waals surface area contributed by atoms with Crippen LogP contribution in [0.2, 0.25) is 15.1 Å². The van der Waals surface area contributed by atoms with Crippen molar-refractivity contribution >= 4 is 52.4 Å². The van der Waals surface area contributed by atoms with E-state index < -0.39 is 24.3 Å². The largest absolute Gasteiger partial charge is 0.455 e. The number of carbonyl (C=O) groups excluding carboxylic acids is 2. The minimum absolute atomic E-state index is 0.0737. The summed E-state index contributed by atoms with van der Waals surface area (Å²) in [5.41, 5.74) is 0.503. The van der Waals surface area contributed by atoms with E-state index in [4.69, 9.17) is 39.5 Å². The van der Waals surface area contributed by atoms with Crippen LogP contribution in [0.25, 0.3) is 0 Å². The number of hydrogen-bond acceptors (Lipinski definition) is 3. The van der Waals surface area contributed by atoms with Crippen LogP contribution in [0, 0.1) is 5.82 Å². The normalized spacial score (nSPS) is 10.3. The molecule has 0 aromatic heterocycles. The predicted molar refractivity (Wildman–Crippen MR) is 91.2 cm³/mol. The molecule has 0 saturated carbocycles. The van der Waals surface area contributed by atoms with Gasteiger partial charge in [0, 0.05) is 5.02 Å². The predicted octanol–water partition coefficient (Wildman–Crippen LogP) is 4.51. The van der Waals surface area contributed by atoms with Gasteiger partial charge in [0.05, 0.1) is 22.2 Å². The van der Waals surface area contributed by atoms with Gasteiger partial charge in [0.15, 0.2) is 6.61 Å². The van der Waals surface area contributed by atoms with Crippen molar-refractivity contribution in [3.8, 4) is 0 Å². The Morgan fingerprint density at radius 1 is 1.04 bits per heavy atom. The number of hydrogen-bond donors (Lipinski definition) is 1. The third-order valence-corrected chi connectivity index (χ3v) is 3.87. The number of rotatable bonds is 5. The Morgan fingerprint density at radius 2 is 1.79 bits per heavy atom. The summed E-state index contributed by atoms with van der Waals surface area (Å²) in [5, 5.41) is 3.23. The summed E-state index contributed by atoms with van der Waals surface area (Å²) in [5.74, 6) is -1.95. The van der Waals surface area contributed by atoms with Crippen LogP contribution < -0.4 is 5.32 Å². The summed E-state index contributed by atoms with van der Waals surface area (Å²) in [6, 6.07) is 8.44. The fraction of sp³-hybridized carbons (Fsp3) is 0.125. The molecule has 0 saturated heterocycles. The van der Waals surface area contributed by atoms with E-state index in [1.165, 1.54) is 18.2 Å². The minimum Gasteiger partial charge on any atom is -0.455 e. The SMILES string of the molecule is O=C(COC(=O)Cc1ccc(Cl)c(Cl)c1)Nc1cc(Cl)ccc1F. The molecular weight excluding hydrogens is 380 g/mol. The van der Waals surface area contributed by atoms with E-state index in [-0.39, 0.29) is 17.1 Å². The third kappa shape index (κ3) is 5.37. The number of ether oxygens (including phenoxy) is 1. The zero-order valence-electron chi connectivity index (χ0n) is 12.1. The Balaban J connectivity index is 1.85. The number of anilines is 1. The second kappa shape index (κ2) is 8.33. The highest BCUT2D eigenvalue weighted by Crippen LogP contribution is 2.23. The second-order valence-electron chi connectivity index (χ2n) is 4.76. The van der Waals surface area contributed by atoms with Crippen LogP contribution in [0.3, 0.4) is 0 Å². The zero-order valence-corrected chi connectivity index (χ0v) is 14.4. The van der Waals surface area contributed by atoms with E-state index in [0.29, 0.717) is 15.6 Å². The van der Waals surface area contributed by atoms with E-state index in [2.05, 4.69) is 5.32 Å². The van der Waals surface area contributed by atoms with Crippen molar-refractivity contribution in [2.45, 2.75) is 6.42 Å². The van der Waals surface area contributed by atoms with Crippen LogP contribution in [0.5, 0.6) is 0 Å². The third-order valence-electron chi connectivity index (χ3n) is 2.90. The topological polar surface area (TPSA) is 55.4 Å². The van der Waals surface area contributed by atoms with Gasteiger partial charge in [-0.2, -0.15) is 0 Å². The van der Waals surface area contributed by atoms with Gasteiger partial charge in [-0.05, 0) is 35.9 Å². The summed E-state index contributed by atoms with van der Waals surface area (Å²) >= 11 is 17.3. The molecule has 0 spiro atoms. The molecule has 2 aromatic rings. The Labute approximate surface area is 152 Å². The van der Waals surface area contributed by atoms with Gasteiger partial charge in [-0.15, -0.1) is 0 Å². The molecule has 24 heavy (non-hydrogen) atoms. The quantitative estimate of drug-likeness (QED) is 0.764. The Kier molecular flexibility index (Phi) is 6.43. The van der Waals surface area contributed by atoms with Crippen molar-refractivity contribution in [2.75, 3.05) is 11.9 Å². The average molecular weight is 391 g/mol. The standard InChI is InChI=1S/C16H11Cl3FNO3/c17-10-2-4-13(20)14(7-10)21-15(22)8-24-16(23)6-9-1-3-11(18)12(19)5-9/h1-5,7H,6,8H2,(H,21,22). The molecule has 4 nitrogen and oxygen atoms in total. The van der Waals surface area contributed by atoms with Gasteiger partial charge in [-0.1, -0.05) is 40.9 Å². The molecule has 8 heteroatoms. The smallest absolute Gasteiger partial charge is 0.310 e. The first kappa shape index (κ1) is 18.5. The van der Waals surface area contributed by atoms with Gasteiger partial charge in [0.25, 0.3) is 5.91 Å². The van der Waals surface area contributed by atoms with Crippen LogP contribution in [-0.4, -0.2) is 18.5 Å². The fourth-order valence-electron chi connectivity index (χ4n) is 1.79. The van der Waals surface area contributed by atoms with E-state index in [0.717, 1.165) is 6.07 Å². The van der Waals surface area contributed by atoms with Crippen molar-refractivity contribution in [3.63, 3.8) is 0 Å². The molecule has 0 radical (unpaired) electrons. The van der Waals surface area contributed by atoms with Crippen LogP contribution in [0.4, 0.5) is 10.1 Å². The highest BCUT2D eigenvalue weighted by Gasteiger charge is 2.12. The molecule has 0 aliphatic carbocycles. The monoisotopic (exact) mass is 389 g/mol. The van der Waals surface area contributed by atoms with Crippen LogP contribution >= 0.6 is 34.8 Å². The van der Waals surface area contributed by atoms with Crippen molar-refractivity contribution in [2.24, 2.45) is 0 Å². The van der Waals surface area contributed by atoms with E-state index in [1.54, 1.807) is 12.1 Å². The number of amides is 1. The maximum atomic E-state index is 13.5. The van der Waals surface area contributed by atoms with Crippen LogP contribution in [0.1, 0.15) is 5.56 Å². The maximum absolute atomic E-state index is 13.5. The summed E-state index contributed by atoms with van der Waals surface area (Å²) in [4.78, 5) is 23.4. The molecule has 0 fully saturated rings. The van der Waals surface area contributed by atoms with Crippen molar-refractivity contribution in [3.05, 3.63) is 62.8 Å². The lowest BCUT2D eigenvalue weighted by Gasteiger charge is -2.08. The Hall–Kier alpha value is -1.82. The average Bonchev–Trinajstić information content (AvgIpc) is 2.52. The number of carbonyl (C=O) groups is 2. The molecule has 0 aliphatic rings. The first-order valence-electron chi connectivity index (χ1n) is 6.69. The van der Waals surface area contributed by atoms with E-state index in [1.807, 2.05) is 0 Å². The minimum atomic E-state index is -0.682. The molecule has 0 heterocycles. The zero-order chi connectivity index (χ0) is 17.7. The molecular formula is C16H11Cl3FNO3. The van der Waals surface area contributed by atoms with Gasteiger partial charge in [-0.25, -0.2) is 4.39 Å². The summed E-state index contributed by atoms with van der Waals surface area (Å²) in [7, 11) is 0. The van der Waals surface area contributed by atoms with E-state index in [9.17, 15) is 14.0 Å². The van der Waals surface area contributed by atoms with Crippen molar-refractivity contribution < 1.29 is 18.7 Å². The molecule has 0 atom stereocenters. The number of benzene rings is 2.